The molecule has 0 bridgehead atoms. The van der Waals surface area contributed by atoms with E-state index in [0.29, 0.717) is 0 Å². The molecular weight excluding hydrogens is 317 g/mol. The molecule has 16 heavy (non-hydrogen) atoms. The molecule has 0 amide bonds. The molecule has 0 aromatic rings. The Hall–Kier alpha value is -0.0470. The van der Waals surface area contributed by atoms with Crippen molar-refractivity contribution in [3.05, 3.63) is 39.4 Å². The van der Waals surface area contributed by atoms with E-state index in [1.807, 2.05) is 0 Å². The smallest absolute Gasteiger partial charge is 1.00 e. The second-order valence-electron chi connectivity index (χ2n) is 0. The Balaban J connectivity index is -0.00000000500. The van der Waals surface area contributed by atoms with Crippen LogP contribution >= 0.6 is 0 Å². The SMILES string of the molecule is [C-]#N.[C-]#N.[C-]#N.[C-]#N.[C-]#N.[C-]#N.[Fe]=[Ni].[Na+].[Na+]. The van der Waals surface area contributed by atoms with Gasteiger partial charge in [0, 0.05) is 0 Å². The Morgan fingerprint density at radius 1 is 0.438 bits per heavy atom. The quantitative estimate of drug-likeness (QED) is 0.322. The maximum atomic E-state index is 6.25. The summed E-state index contributed by atoms with van der Waals surface area (Å²) in [5, 5.41) is 37.5. The molecule has 0 heterocycles. The van der Waals surface area contributed by atoms with Crippen LogP contribution in [0.2, 0.25) is 0 Å². The summed E-state index contributed by atoms with van der Waals surface area (Å²) in [6, 6.07) is 0. The van der Waals surface area contributed by atoms with Gasteiger partial charge in [-0.3, -0.25) is 0 Å². The van der Waals surface area contributed by atoms with Crippen LogP contribution in [0.1, 0.15) is 0 Å². The maximum Gasteiger partial charge on any atom is 1.00 e. The fourth-order valence-corrected chi connectivity index (χ4v) is 0. The first kappa shape index (κ1) is 73.8. The molecule has 78 valence electrons. The molecule has 10 heteroatoms. The summed E-state index contributed by atoms with van der Waals surface area (Å²) in [5.41, 5.74) is 0. The summed E-state index contributed by atoms with van der Waals surface area (Å²) in [4.78, 5) is 0. The Kier molecular flexibility index (Phi) is 6070000. The van der Waals surface area contributed by atoms with Crippen molar-refractivity contribution in [3.8, 4) is 0 Å². The van der Waals surface area contributed by atoms with Crippen LogP contribution < -0.4 is 59.1 Å². The van der Waals surface area contributed by atoms with E-state index < -0.39 is 0 Å². The molecule has 0 saturated carbocycles. The molecule has 0 aromatic carbocycles. The van der Waals surface area contributed by atoms with Gasteiger partial charge in [-0.05, 0) is 0 Å². The van der Waals surface area contributed by atoms with Crippen LogP contribution in [0, 0.1) is 71.0 Å². The predicted molar refractivity (Wildman–Crippen MR) is 29.8 cm³/mol. The Labute approximate surface area is 155 Å². The zero-order valence-corrected chi connectivity index (χ0v) is 14.4. The minimum Gasteiger partial charge on any atom is 1.00 e. The molecule has 0 saturated heterocycles. The van der Waals surface area contributed by atoms with Crippen molar-refractivity contribution < 1.29 is 86.0 Å². The molecule has 0 spiro atoms. The van der Waals surface area contributed by atoms with Crippen LogP contribution in [0.15, 0.2) is 0 Å². The molecule has 0 aromatic heterocycles. The number of hydrogen-bond donors (Lipinski definition) is 0. The third kappa shape index (κ3) is 1060000. The molecule has 0 radical (unpaired) electrons. The van der Waals surface area contributed by atoms with Gasteiger partial charge in [0.2, 0.25) is 0 Å². The molecule has 6 nitrogen and oxygen atoms in total. The first-order valence-electron chi connectivity index (χ1n) is 1.45. The zero-order valence-electron chi connectivity index (χ0n) is 8.35. The third-order valence-electron chi connectivity index (χ3n) is 0. The molecule has 0 fully saturated rings. The topological polar surface area (TPSA) is 143 Å². The van der Waals surface area contributed by atoms with Crippen LogP contribution in [0.25, 0.3) is 0 Å². The van der Waals surface area contributed by atoms with E-state index in [2.05, 4.69) is 26.9 Å². The summed E-state index contributed by atoms with van der Waals surface area (Å²) in [6.45, 7) is 28.5. The van der Waals surface area contributed by atoms with Crippen molar-refractivity contribution in [3.63, 3.8) is 0 Å². The Bertz CT molecular complexity index is 117. The van der Waals surface area contributed by atoms with Gasteiger partial charge in [-0.15, -0.1) is 0 Å². The summed E-state index contributed by atoms with van der Waals surface area (Å²) < 4.78 is 0. The number of nitrogens with zero attached hydrogens (tertiary/aromatic N) is 6. The second-order valence-corrected chi connectivity index (χ2v) is 0. The van der Waals surface area contributed by atoms with E-state index in [0.717, 1.165) is 0 Å². The normalized spacial score (nSPS) is 1.19. The van der Waals surface area contributed by atoms with Crippen molar-refractivity contribution >= 4 is 0 Å². The average molecular weight is 317 g/mol. The van der Waals surface area contributed by atoms with Crippen LogP contribution in [0.4, 0.5) is 0 Å². The van der Waals surface area contributed by atoms with Gasteiger partial charge in [0.25, 0.3) is 0 Å². The van der Waals surface area contributed by atoms with Gasteiger partial charge in [-0.2, -0.15) is 0 Å². The minimum absolute atomic E-state index is 0. The van der Waals surface area contributed by atoms with Gasteiger partial charge in [0.05, 0.1) is 0 Å². The van der Waals surface area contributed by atoms with Gasteiger partial charge in [-0.1, -0.05) is 0 Å². The van der Waals surface area contributed by atoms with E-state index >= 15 is 0 Å². The monoisotopic (exact) mass is 316 g/mol. The van der Waals surface area contributed by atoms with Crippen LogP contribution in [-0.2, 0) is 26.9 Å². The van der Waals surface area contributed by atoms with Gasteiger partial charge in [0.15, 0.2) is 0 Å². The summed E-state index contributed by atoms with van der Waals surface area (Å²) in [6.07, 6.45) is 0. The van der Waals surface area contributed by atoms with Crippen molar-refractivity contribution in [1.82, 2.24) is 0 Å². The summed E-state index contributed by atoms with van der Waals surface area (Å²) in [5.74, 6) is 0. The molecule has 0 N–H and O–H groups in total. The average Bonchev–Trinajstić information content (AvgIpc) is 2.45. The molecular formula is C6FeN6Na2Ni-4. The zero-order chi connectivity index (χ0) is 14.0. The van der Waals surface area contributed by atoms with Crippen molar-refractivity contribution in [2.24, 2.45) is 0 Å². The van der Waals surface area contributed by atoms with Gasteiger partial charge in [-0.25, -0.2) is 0 Å². The van der Waals surface area contributed by atoms with Crippen LogP contribution in [0.5, 0.6) is 0 Å². The van der Waals surface area contributed by atoms with E-state index in [1.54, 1.807) is 0 Å². The minimum atomic E-state index is 0. The summed E-state index contributed by atoms with van der Waals surface area (Å²) in [7, 11) is 0. The molecule has 0 atom stereocenters. The summed E-state index contributed by atoms with van der Waals surface area (Å²) >= 11 is 6.50. The first-order chi connectivity index (χ1) is 7.00. The fraction of sp³-hybridized carbons (Fsp3) is 0. The number of hydrogen-bond acceptors (Lipinski definition) is 6. The van der Waals surface area contributed by atoms with Crippen molar-refractivity contribution in [2.45, 2.75) is 0 Å². The van der Waals surface area contributed by atoms with E-state index in [9.17, 15) is 0 Å². The number of rotatable bonds is 0. The molecule has 0 rings (SSSR count). The largest absolute Gasteiger partial charge is 1.00 e. The first-order valence-corrected chi connectivity index (χ1v) is 3.24. The van der Waals surface area contributed by atoms with E-state index in [-0.39, 0.29) is 59.1 Å². The van der Waals surface area contributed by atoms with E-state index in [1.165, 1.54) is 0 Å². The Morgan fingerprint density at radius 3 is 0.438 bits per heavy atom. The van der Waals surface area contributed by atoms with Crippen LogP contribution in [0.3, 0.4) is 0 Å². The third-order valence-corrected chi connectivity index (χ3v) is 0. The van der Waals surface area contributed by atoms with Gasteiger partial charge < -0.3 is 71.0 Å². The molecule has 0 aliphatic rings. The Morgan fingerprint density at radius 2 is 0.438 bits per heavy atom. The second kappa shape index (κ2) is 1320000. The molecule has 0 aliphatic carbocycles. The maximum absolute atomic E-state index is 6.25. The predicted octanol–water partition coefficient (Wildman–Crippen LogP) is -5.42. The fourth-order valence-electron chi connectivity index (χ4n) is 0. The van der Waals surface area contributed by atoms with E-state index in [4.69, 9.17) is 71.0 Å². The van der Waals surface area contributed by atoms with Crippen LogP contribution in [-0.4, -0.2) is 0 Å². The van der Waals surface area contributed by atoms with Crippen molar-refractivity contribution in [2.75, 3.05) is 0 Å². The van der Waals surface area contributed by atoms with Gasteiger partial charge >= 0.3 is 86.0 Å². The van der Waals surface area contributed by atoms with Crippen molar-refractivity contribution in [1.29, 1.82) is 31.6 Å². The molecule has 0 unspecified atom stereocenters. The standard InChI is InChI=1S/6CN.Fe.2Na.Ni/c6*1-2;;;;/q6*-1;;2*+1;. The van der Waals surface area contributed by atoms with Gasteiger partial charge in [0.1, 0.15) is 0 Å². The molecule has 0 aliphatic heterocycles.